The molecule has 32 heavy (non-hydrogen) atoms. The molecule has 2 N–H and O–H groups in total. The van der Waals surface area contributed by atoms with Gasteiger partial charge in [-0.05, 0) is 55.0 Å². The SMILES string of the molecule is Oc1ccc(CCNc2nc(/C3=C/C=C\N=C/CC3)nc3c2ncn3[C@H]2CCOC2)cc1. The van der Waals surface area contributed by atoms with Crippen molar-refractivity contribution in [3.05, 3.63) is 60.3 Å². The second-order valence-corrected chi connectivity index (χ2v) is 7.98. The summed E-state index contributed by atoms with van der Waals surface area (Å²) in [5.74, 6) is 1.73. The third-order valence-electron chi connectivity index (χ3n) is 5.77. The van der Waals surface area contributed by atoms with E-state index >= 15 is 0 Å². The lowest BCUT2D eigenvalue weighted by molar-refractivity contribution is 0.187. The molecule has 0 unspecified atom stereocenters. The molecule has 2 aromatic heterocycles. The number of hydrogen-bond acceptors (Lipinski definition) is 7. The fourth-order valence-corrected chi connectivity index (χ4v) is 4.01. The summed E-state index contributed by atoms with van der Waals surface area (Å²) < 4.78 is 7.72. The molecule has 1 fully saturated rings. The van der Waals surface area contributed by atoms with Gasteiger partial charge in [0.25, 0.3) is 0 Å². The van der Waals surface area contributed by atoms with E-state index in [1.165, 1.54) is 0 Å². The van der Waals surface area contributed by atoms with Crippen LogP contribution < -0.4 is 5.32 Å². The number of benzene rings is 1. The highest BCUT2D eigenvalue weighted by Crippen LogP contribution is 2.28. The average Bonchev–Trinajstić information content (AvgIpc) is 3.44. The molecule has 0 aliphatic carbocycles. The molecule has 8 nitrogen and oxygen atoms in total. The highest BCUT2D eigenvalue weighted by Gasteiger charge is 2.23. The molecule has 164 valence electrons. The second-order valence-electron chi connectivity index (χ2n) is 7.98. The number of allylic oxidation sites excluding steroid dienone is 3. The lowest BCUT2D eigenvalue weighted by Crippen LogP contribution is -2.12. The third-order valence-corrected chi connectivity index (χ3v) is 5.77. The summed E-state index contributed by atoms with van der Waals surface area (Å²) >= 11 is 0. The molecular formula is C24H26N6O2. The Labute approximate surface area is 186 Å². The number of aliphatic imine (C=N–C) groups is 1. The van der Waals surface area contributed by atoms with Crippen LogP contribution in [0.2, 0.25) is 0 Å². The fraction of sp³-hybridized carbons (Fsp3) is 0.333. The zero-order chi connectivity index (χ0) is 21.8. The first-order chi connectivity index (χ1) is 15.8. The van der Waals surface area contributed by atoms with E-state index in [2.05, 4.69) is 19.9 Å². The van der Waals surface area contributed by atoms with Crippen molar-refractivity contribution in [1.82, 2.24) is 19.5 Å². The van der Waals surface area contributed by atoms with Gasteiger partial charge in [-0.3, -0.25) is 4.99 Å². The molecule has 0 amide bonds. The van der Waals surface area contributed by atoms with Crippen LogP contribution in [0.5, 0.6) is 5.75 Å². The first kappa shape index (κ1) is 20.4. The van der Waals surface area contributed by atoms with E-state index in [0.29, 0.717) is 19.0 Å². The Morgan fingerprint density at radius 1 is 1.19 bits per heavy atom. The van der Waals surface area contributed by atoms with Crippen molar-refractivity contribution in [3.8, 4) is 5.75 Å². The highest BCUT2D eigenvalue weighted by atomic mass is 16.5. The minimum atomic E-state index is 0.242. The van der Waals surface area contributed by atoms with Gasteiger partial charge in [-0.25, -0.2) is 15.0 Å². The number of phenols is 1. The van der Waals surface area contributed by atoms with Gasteiger partial charge < -0.3 is 19.7 Å². The monoisotopic (exact) mass is 430 g/mol. The Morgan fingerprint density at radius 2 is 2.09 bits per heavy atom. The van der Waals surface area contributed by atoms with Crippen LogP contribution in [0.3, 0.4) is 0 Å². The van der Waals surface area contributed by atoms with E-state index in [4.69, 9.17) is 14.7 Å². The fourth-order valence-electron chi connectivity index (χ4n) is 4.01. The molecule has 2 aliphatic rings. The zero-order valence-corrected chi connectivity index (χ0v) is 17.8. The number of aromatic hydroxyl groups is 1. The summed E-state index contributed by atoms with van der Waals surface area (Å²) in [6.07, 6.45) is 13.0. The molecule has 3 aromatic rings. The Bertz CT molecular complexity index is 1170. The molecule has 8 heteroatoms. The Hall–Kier alpha value is -3.52. The van der Waals surface area contributed by atoms with Gasteiger partial charge in [-0.1, -0.05) is 18.2 Å². The normalized spacial score (nSPS) is 22.1. The summed E-state index contributed by atoms with van der Waals surface area (Å²) in [6, 6.07) is 7.52. The molecule has 2 aliphatic heterocycles. The topological polar surface area (TPSA) is 97.5 Å². The minimum absolute atomic E-state index is 0.242. The van der Waals surface area contributed by atoms with Crippen molar-refractivity contribution in [2.75, 3.05) is 25.1 Å². The largest absolute Gasteiger partial charge is 0.508 e. The molecule has 0 bridgehead atoms. The summed E-state index contributed by atoms with van der Waals surface area (Å²) in [7, 11) is 0. The molecule has 0 saturated carbocycles. The number of hydrogen-bond donors (Lipinski definition) is 2. The summed E-state index contributed by atoms with van der Waals surface area (Å²) in [6.45, 7) is 2.13. The van der Waals surface area contributed by atoms with Crippen LogP contribution >= 0.6 is 0 Å². The van der Waals surface area contributed by atoms with Gasteiger partial charge in [0.05, 0.1) is 19.0 Å². The highest BCUT2D eigenvalue weighted by molar-refractivity contribution is 5.85. The molecule has 4 heterocycles. The standard InChI is InChI=1S/C24H26N6O2/c31-20-7-5-17(6-8-20)9-13-26-23-21-24(30(16-27-21)19-10-14-32-15-19)29-22(28-23)18-3-1-11-25-12-2-4-18/h1,3,5-8,11-12,16,19,31H,2,4,9-10,13-15H2,(H,26,28,29)/b11-1-,18-3+,25-12-/t19-/m0/s1. The zero-order valence-electron chi connectivity index (χ0n) is 17.8. The number of nitrogens with zero attached hydrogens (tertiary/aromatic N) is 5. The Morgan fingerprint density at radius 3 is 2.94 bits per heavy atom. The maximum absolute atomic E-state index is 9.49. The van der Waals surface area contributed by atoms with Crippen LogP contribution in [0.1, 0.15) is 36.7 Å². The number of aromatic nitrogens is 4. The van der Waals surface area contributed by atoms with Crippen LogP contribution in [-0.2, 0) is 11.2 Å². The van der Waals surface area contributed by atoms with Gasteiger partial charge in [0.2, 0.25) is 0 Å². The van der Waals surface area contributed by atoms with Crippen molar-refractivity contribution in [2.24, 2.45) is 4.99 Å². The predicted octanol–water partition coefficient (Wildman–Crippen LogP) is 3.91. The molecule has 1 aromatic carbocycles. The van der Waals surface area contributed by atoms with Crippen LogP contribution in [0.4, 0.5) is 5.82 Å². The number of phenolic OH excluding ortho intramolecular Hbond substituents is 1. The van der Waals surface area contributed by atoms with Crippen molar-refractivity contribution >= 4 is 28.8 Å². The van der Waals surface area contributed by atoms with Gasteiger partial charge in [0.1, 0.15) is 11.3 Å². The Balaban J connectivity index is 1.47. The predicted molar refractivity (Wildman–Crippen MR) is 125 cm³/mol. The lowest BCUT2D eigenvalue weighted by atomic mass is 10.1. The number of fused-ring (bicyclic) bond motifs is 1. The quantitative estimate of drug-likeness (QED) is 0.615. The van der Waals surface area contributed by atoms with Gasteiger partial charge in [-0.15, -0.1) is 0 Å². The van der Waals surface area contributed by atoms with Crippen LogP contribution in [0, 0.1) is 0 Å². The molecular weight excluding hydrogens is 404 g/mol. The first-order valence-electron chi connectivity index (χ1n) is 11.0. The van der Waals surface area contributed by atoms with E-state index in [-0.39, 0.29) is 11.8 Å². The Kier molecular flexibility index (Phi) is 5.93. The third kappa shape index (κ3) is 4.40. The number of imidazole rings is 1. The van der Waals surface area contributed by atoms with Crippen molar-refractivity contribution < 1.29 is 9.84 Å². The molecule has 1 atom stereocenters. The van der Waals surface area contributed by atoms with Gasteiger partial charge in [-0.2, -0.15) is 0 Å². The van der Waals surface area contributed by atoms with Crippen LogP contribution in [0.15, 0.2) is 53.9 Å². The number of rotatable bonds is 6. The van der Waals surface area contributed by atoms with E-state index < -0.39 is 0 Å². The van der Waals surface area contributed by atoms with Crippen molar-refractivity contribution in [1.29, 1.82) is 0 Å². The lowest BCUT2D eigenvalue weighted by Gasteiger charge is -2.14. The van der Waals surface area contributed by atoms with E-state index in [0.717, 1.165) is 60.4 Å². The van der Waals surface area contributed by atoms with E-state index in [9.17, 15) is 5.11 Å². The smallest absolute Gasteiger partial charge is 0.166 e. The number of ether oxygens (including phenoxy) is 1. The van der Waals surface area contributed by atoms with Crippen LogP contribution in [-0.4, -0.2) is 50.6 Å². The number of anilines is 1. The first-order valence-corrected chi connectivity index (χ1v) is 11.0. The van der Waals surface area contributed by atoms with Crippen molar-refractivity contribution in [3.63, 3.8) is 0 Å². The van der Waals surface area contributed by atoms with Crippen LogP contribution in [0.25, 0.3) is 16.7 Å². The molecule has 0 radical (unpaired) electrons. The van der Waals surface area contributed by atoms with Crippen molar-refractivity contribution in [2.45, 2.75) is 31.7 Å². The van der Waals surface area contributed by atoms with E-state index in [1.807, 2.05) is 36.8 Å². The van der Waals surface area contributed by atoms with Gasteiger partial charge in [0, 0.05) is 25.6 Å². The average molecular weight is 431 g/mol. The second kappa shape index (κ2) is 9.32. The summed E-state index contributed by atoms with van der Waals surface area (Å²) in [4.78, 5) is 18.7. The molecule has 0 spiro atoms. The minimum Gasteiger partial charge on any atom is -0.508 e. The summed E-state index contributed by atoms with van der Waals surface area (Å²) in [5, 5.41) is 13.0. The van der Waals surface area contributed by atoms with Gasteiger partial charge >= 0.3 is 0 Å². The molecule has 5 rings (SSSR count). The van der Waals surface area contributed by atoms with E-state index in [1.54, 1.807) is 18.3 Å². The maximum atomic E-state index is 9.49. The summed E-state index contributed by atoms with van der Waals surface area (Å²) in [5.41, 5.74) is 3.82. The molecule has 1 saturated heterocycles. The number of nitrogens with one attached hydrogen (secondary N) is 1. The maximum Gasteiger partial charge on any atom is 0.166 e. The van der Waals surface area contributed by atoms with Gasteiger partial charge in [0.15, 0.2) is 17.3 Å².